The Morgan fingerprint density at radius 1 is 1.50 bits per heavy atom. The first-order chi connectivity index (χ1) is 8.64. The molecule has 2 aliphatic heterocycles. The molecule has 18 heavy (non-hydrogen) atoms. The van der Waals surface area contributed by atoms with Crippen molar-refractivity contribution in [2.75, 3.05) is 20.2 Å². The van der Waals surface area contributed by atoms with Gasteiger partial charge in [-0.2, -0.15) is 0 Å². The minimum atomic E-state index is -0.176. The zero-order chi connectivity index (χ0) is 12.8. The molecule has 2 heterocycles. The van der Waals surface area contributed by atoms with E-state index in [4.69, 9.17) is 4.74 Å². The van der Waals surface area contributed by atoms with Crippen molar-refractivity contribution in [3.63, 3.8) is 0 Å². The Morgan fingerprint density at radius 2 is 2.33 bits per heavy atom. The first-order valence-corrected chi connectivity index (χ1v) is 6.99. The maximum absolute atomic E-state index is 12.1. The Morgan fingerprint density at radius 3 is 3.11 bits per heavy atom. The van der Waals surface area contributed by atoms with E-state index >= 15 is 0 Å². The number of ether oxygens (including phenoxy) is 1. The van der Waals surface area contributed by atoms with Crippen molar-refractivity contribution in [3.8, 4) is 0 Å². The number of methoxy groups -OCH3 is 1. The van der Waals surface area contributed by atoms with Gasteiger partial charge in [-0.3, -0.25) is 14.5 Å². The number of fused-ring (bicyclic) bond motifs is 1. The standard InChI is InChI=1S/C14H21NO3/c1-18-13(17)7-10-9-15-6-2-4-14(15)5-3-12(16)11(10)8-14/h10-11H,2-9H2,1H3/t10-,11?,14?/m1/s1. The molecule has 4 heteroatoms. The molecule has 1 saturated carbocycles. The van der Waals surface area contributed by atoms with E-state index in [1.54, 1.807) is 0 Å². The zero-order valence-corrected chi connectivity index (χ0v) is 11.0. The first kappa shape index (κ1) is 12.2. The van der Waals surface area contributed by atoms with E-state index < -0.39 is 0 Å². The molecular weight excluding hydrogens is 230 g/mol. The molecule has 1 aliphatic carbocycles. The molecule has 4 nitrogen and oxygen atoms in total. The molecule has 0 N–H and O–H groups in total. The highest BCUT2D eigenvalue weighted by Crippen LogP contribution is 2.49. The van der Waals surface area contributed by atoms with Crippen LogP contribution in [0.2, 0.25) is 0 Å². The van der Waals surface area contributed by atoms with Crippen molar-refractivity contribution in [3.05, 3.63) is 0 Å². The van der Waals surface area contributed by atoms with Crippen molar-refractivity contribution in [1.29, 1.82) is 0 Å². The largest absolute Gasteiger partial charge is 0.469 e. The van der Waals surface area contributed by atoms with Crippen LogP contribution in [0, 0.1) is 11.8 Å². The number of esters is 1. The van der Waals surface area contributed by atoms with Crippen molar-refractivity contribution >= 4 is 11.8 Å². The molecule has 3 fully saturated rings. The first-order valence-electron chi connectivity index (χ1n) is 6.99. The Hall–Kier alpha value is -0.900. The molecule has 1 spiro atoms. The number of carbonyl (C=O) groups excluding carboxylic acids is 2. The van der Waals surface area contributed by atoms with Gasteiger partial charge < -0.3 is 4.74 Å². The Bertz CT molecular complexity index is 381. The lowest BCUT2D eigenvalue weighted by molar-refractivity contribution is -0.146. The van der Waals surface area contributed by atoms with Crippen LogP contribution in [0.5, 0.6) is 0 Å². The van der Waals surface area contributed by atoms with E-state index in [-0.39, 0.29) is 17.8 Å². The summed E-state index contributed by atoms with van der Waals surface area (Å²) >= 11 is 0. The van der Waals surface area contributed by atoms with E-state index in [0.717, 1.165) is 25.9 Å². The number of hydrogen-bond acceptors (Lipinski definition) is 4. The Labute approximate surface area is 108 Å². The molecule has 3 rings (SSSR count). The molecule has 0 radical (unpaired) electrons. The summed E-state index contributed by atoms with van der Waals surface area (Å²) in [6.45, 7) is 2.05. The van der Waals surface area contributed by atoms with Gasteiger partial charge in [-0.05, 0) is 38.1 Å². The highest BCUT2D eigenvalue weighted by Gasteiger charge is 2.53. The van der Waals surface area contributed by atoms with Crippen LogP contribution in [0.4, 0.5) is 0 Å². The molecule has 2 unspecified atom stereocenters. The zero-order valence-electron chi connectivity index (χ0n) is 11.0. The second-order valence-electron chi connectivity index (χ2n) is 6.09. The normalized spacial score (nSPS) is 39.5. The van der Waals surface area contributed by atoms with Crippen LogP contribution in [0.25, 0.3) is 0 Å². The van der Waals surface area contributed by atoms with Crippen LogP contribution in [-0.4, -0.2) is 42.4 Å². The maximum atomic E-state index is 12.1. The van der Waals surface area contributed by atoms with Crippen LogP contribution in [0.3, 0.4) is 0 Å². The van der Waals surface area contributed by atoms with Gasteiger partial charge in [0.25, 0.3) is 0 Å². The second-order valence-corrected chi connectivity index (χ2v) is 6.09. The smallest absolute Gasteiger partial charge is 0.305 e. The SMILES string of the molecule is COC(=O)C[C@@H]1CN2CCCC23CCC(=O)C1C3. The molecule has 100 valence electrons. The van der Waals surface area contributed by atoms with Gasteiger partial charge >= 0.3 is 5.97 Å². The van der Waals surface area contributed by atoms with Crippen LogP contribution >= 0.6 is 0 Å². The molecule has 3 aliphatic rings. The average Bonchev–Trinajstić information content (AvgIpc) is 2.76. The molecular formula is C14H21NO3. The molecule has 3 atom stereocenters. The number of Topliss-reactive ketones (excluding diaryl/α,β-unsaturated/α-hetero) is 1. The highest BCUT2D eigenvalue weighted by atomic mass is 16.5. The molecule has 0 aromatic heterocycles. The second kappa shape index (κ2) is 4.34. The number of hydrogen-bond donors (Lipinski definition) is 0. The minimum absolute atomic E-state index is 0.104. The third-order valence-corrected chi connectivity index (χ3v) is 5.27. The summed E-state index contributed by atoms with van der Waals surface area (Å²) in [5, 5.41) is 0. The fourth-order valence-corrected chi connectivity index (χ4v) is 4.30. The number of carbonyl (C=O) groups is 2. The fourth-order valence-electron chi connectivity index (χ4n) is 4.30. The number of nitrogens with zero attached hydrogens (tertiary/aromatic N) is 1. The number of ketones is 1. The van der Waals surface area contributed by atoms with E-state index in [2.05, 4.69) is 4.90 Å². The van der Waals surface area contributed by atoms with Gasteiger partial charge in [-0.25, -0.2) is 0 Å². The quantitative estimate of drug-likeness (QED) is 0.696. The van der Waals surface area contributed by atoms with E-state index in [0.29, 0.717) is 24.2 Å². The van der Waals surface area contributed by atoms with Gasteiger partial charge in [0.05, 0.1) is 13.5 Å². The summed E-state index contributed by atoms with van der Waals surface area (Å²) in [7, 11) is 1.42. The lowest BCUT2D eigenvalue weighted by Crippen LogP contribution is -2.58. The summed E-state index contributed by atoms with van der Waals surface area (Å²) in [5.74, 6) is 0.481. The van der Waals surface area contributed by atoms with Crippen LogP contribution in [0.1, 0.15) is 38.5 Å². The van der Waals surface area contributed by atoms with Crippen LogP contribution < -0.4 is 0 Å². The van der Waals surface area contributed by atoms with Gasteiger partial charge in [0, 0.05) is 24.4 Å². The lowest BCUT2D eigenvalue weighted by Gasteiger charge is -2.51. The predicted octanol–water partition coefficient (Wildman–Crippen LogP) is 1.38. The summed E-state index contributed by atoms with van der Waals surface area (Å²) in [6.07, 6.45) is 5.60. The average molecular weight is 251 g/mol. The maximum Gasteiger partial charge on any atom is 0.305 e. The van der Waals surface area contributed by atoms with Crippen LogP contribution in [-0.2, 0) is 14.3 Å². The van der Waals surface area contributed by atoms with Gasteiger partial charge in [0.1, 0.15) is 5.78 Å². The Kier molecular flexibility index (Phi) is 2.93. The third-order valence-electron chi connectivity index (χ3n) is 5.27. The van der Waals surface area contributed by atoms with Crippen molar-refractivity contribution < 1.29 is 14.3 Å². The van der Waals surface area contributed by atoms with Crippen molar-refractivity contribution in [1.82, 2.24) is 4.90 Å². The minimum Gasteiger partial charge on any atom is -0.469 e. The fraction of sp³-hybridized carbons (Fsp3) is 0.857. The monoisotopic (exact) mass is 251 g/mol. The van der Waals surface area contributed by atoms with Gasteiger partial charge in [0.2, 0.25) is 0 Å². The highest BCUT2D eigenvalue weighted by molar-refractivity contribution is 5.83. The topological polar surface area (TPSA) is 46.6 Å². The van der Waals surface area contributed by atoms with Gasteiger partial charge in [-0.1, -0.05) is 0 Å². The Balaban J connectivity index is 1.80. The molecule has 2 saturated heterocycles. The van der Waals surface area contributed by atoms with Crippen molar-refractivity contribution in [2.45, 2.75) is 44.1 Å². The molecule has 0 aromatic carbocycles. The van der Waals surface area contributed by atoms with Crippen LogP contribution in [0.15, 0.2) is 0 Å². The summed E-state index contributed by atoms with van der Waals surface area (Å²) < 4.78 is 4.77. The summed E-state index contributed by atoms with van der Waals surface area (Å²) in [4.78, 5) is 26.1. The van der Waals surface area contributed by atoms with E-state index in [1.807, 2.05) is 0 Å². The van der Waals surface area contributed by atoms with Gasteiger partial charge in [-0.15, -0.1) is 0 Å². The van der Waals surface area contributed by atoms with Gasteiger partial charge in [0.15, 0.2) is 0 Å². The number of rotatable bonds is 2. The third kappa shape index (κ3) is 1.78. The molecule has 2 bridgehead atoms. The van der Waals surface area contributed by atoms with E-state index in [9.17, 15) is 9.59 Å². The summed E-state index contributed by atoms with van der Waals surface area (Å²) in [6, 6.07) is 0. The van der Waals surface area contributed by atoms with Crippen molar-refractivity contribution in [2.24, 2.45) is 11.8 Å². The molecule has 0 aromatic rings. The molecule has 0 amide bonds. The predicted molar refractivity (Wildman–Crippen MR) is 66.0 cm³/mol. The summed E-state index contributed by atoms with van der Waals surface area (Å²) in [5.41, 5.74) is 0.297. The van der Waals surface area contributed by atoms with E-state index in [1.165, 1.54) is 20.0 Å². The number of piperidine rings is 1. The lowest BCUT2D eigenvalue weighted by atomic mass is 9.65.